The van der Waals surface area contributed by atoms with Crippen molar-refractivity contribution in [3.63, 3.8) is 0 Å². The van der Waals surface area contributed by atoms with Crippen molar-refractivity contribution in [2.24, 2.45) is 5.92 Å². The Kier molecular flexibility index (Phi) is 5.47. The molecule has 1 saturated heterocycles. The van der Waals surface area contributed by atoms with E-state index in [1.807, 2.05) is 24.4 Å². The van der Waals surface area contributed by atoms with Crippen LogP contribution < -0.4 is 10.6 Å². The van der Waals surface area contributed by atoms with Crippen molar-refractivity contribution in [1.29, 1.82) is 0 Å². The SMILES string of the molecule is O=C(c1ccc(F)c(F)c1)N1CCC(CNc2ccnc3c2-c2ccccc2CN3)CC1. The van der Waals surface area contributed by atoms with E-state index in [0.29, 0.717) is 19.0 Å². The lowest BCUT2D eigenvalue weighted by molar-refractivity contribution is 0.0694. The van der Waals surface area contributed by atoms with Crippen LogP contribution in [0.25, 0.3) is 11.1 Å². The third-order valence-electron chi connectivity index (χ3n) is 6.33. The molecule has 5 nitrogen and oxygen atoms in total. The first-order valence-corrected chi connectivity index (χ1v) is 10.9. The zero-order valence-electron chi connectivity index (χ0n) is 17.6. The molecule has 1 aromatic heterocycles. The van der Waals surface area contributed by atoms with Crippen LogP contribution in [0.15, 0.2) is 54.7 Å². The van der Waals surface area contributed by atoms with Gasteiger partial charge in [-0.3, -0.25) is 4.79 Å². The van der Waals surface area contributed by atoms with E-state index in [1.54, 1.807) is 4.90 Å². The van der Waals surface area contributed by atoms with Gasteiger partial charge in [-0.25, -0.2) is 13.8 Å². The van der Waals surface area contributed by atoms with Crippen molar-refractivity contribution in [3.05, 3.63) is 77.5 Å². The highest BCUT2D eigenvalue weighted by Crippen LogP contribution is 2.39. The Morgan fingerprint density at radius 2 is 1.91 bits per heavy atom. The van der Waals surface area contributed by atoms with Crippen LogP contribution in [0.4, 0.5) is 20.3 Å². The van der Waals surface area contributed by atoms with Crippen LogP contribution in [0.2, 0.25) is 0 Å². The average molecular weight is 434 g/mol. The number of benzene rings is 2. The molecular formula is C25H24F2N4O. The highest BCUT2D eigenvalue weighted by Gasteiger charge is 2.25. The fourth-order valence-electron chi connectivity index (χ4n) is 4.52. The average Bonchev–Trinajstić information content (AvgIpc) is 2.84. The van der Waals surface area contributed by atoms with E-state index >= 15 is 0 Å². The normalized spacial score (nSPS) is 15.5. The monoisotopic (exact) mass is 434 g/mol. The molecule has 5 rings (SSSR count). The van der Waals surface area contributed by atoms with Crippen molar-refractivity contribution in [2.45, 2.75) is 19.4 Å². The molecule has 3 aromatic rings. The second-order valence-electron chi connectivity index (χ2n) is 8.34. The number of likely N-dealkylation sites (tertiary alicyclic amines) is 1. The van der Waals surface area contributed by atoms with Crippen molar-refractivity contribution in [1.82, 2.24) is 9.88 Å². The highest BCUT2D eigenvalue weighted by molar-refractivity contribution is 5.94. The van der Waals surface area contributed by atoms with Gasteiger partial charge in [-0.05, 0) is 54.2 Å². The van der Waals surface area contributed by atoms with Crippen molar-refractivity contribution in [2.75, 3.05) is 30.3 Å². The molecule has 0 unspecified atom stereocenters. The molecule has 32 heavy (non-hydrogen) atoms. The largest absolute Gasteiger partial charge is 0.384 e. The summed E-state index contributed by atoms with van der Waals surface area (Å²) in [4.78, 5) is 18.9. The minimum atomic E-state index is -0.994. The standard InChI is InChI=1S/C25H24F2N4O/c26-20-6-5-17(13-21(20)27)25(32)31-11-8-16(9-12-31)14-29-22-7-10-28-24-23(22)19-4-2-1-3-18(19)15-30-24/h1-7,10,13,16H,8-9,11-12,14-15H2,(H2,28,29,30). The first-order valence-electron chi connectivity index (χ1n) is 10.9. The first-order chi connectivity index (χ1) is 15.6. The summed E-state index contributed by atoms with van der Waals surface area (Å²) in [5.41, 5.74) is 4.79. The second-order valence-corrected chi connectivity index (χ2v) is 8.34. The predicted octanol–water partition coefficient (Wildman–Crippen LogP) is 4.92. The molecule has 2 aromatic carbocycles. The summed E-state index contributed by atoms with van der Waals surface area (Å²) in [5.74, 6) is -0.879. The van der Waals surface area contributed by atoms with Crippen molar-refractivity contribution >= 4 is 17.4 Å². The van der Waals surface area contributed by atoms with E-state index < -0.39 is 11.6 Å². The predicted molar refractivity (Wildman–Crippen MR) is 120 cm³/mol. The van der Waals surface area contributed by atoms with Crippen LogP contribution >= 0.6 is 0 Å². The Balaban J connectivity index is 1.22. The maximum atomic E-state index is 13.5. The molecule has 3 heterocycles. The third kappa shape index (κ3) is 3.90. The molecule has 1 amide bonds. The number of piperidine rings is 1. The molecular weight excluding hydrogens is 410 g/mol. The van der Waals surface area contributed by atoms with E-state index in [-0.39, 0.29) is 11.5 Å². The lowest BCUT2D eigenvalue weighted by Gasteiger charge is -2.32. The summed E-state index contributed by atoms with van der Waals surface area (Å²) in [6.07, 6.45) is 3.51. The summed E-state index contributed by atoms with van der Waals surface area (Å²) in [5, 5.41) is 6.99. The van der Waals surface area contributed by atoms with E-state index in [4.69, 9.17) is 0 Å². The Morgan fingerprint density at radius 3 is 2.72 bits per heavy atom. The van der Waals surface area contributed by atoms with Crippen LogP contribution in [-0.2, 0) is 6.54 Å². The topological polar surface area (TPSA) is 57.3 Å². The smallest absolute Gasteiger partial charge is 0.253 e. The number of carbonyl (C=O) groups excluding carboxylic acids is 1. The van der Waals surface area contributed by atoms with Gasteiger partial charge in [-0.1, -0.05) is 24.3 Å². The Morgan fingerprint density at radius 1 is 1.09 bits per heavy atom. The third-order valence-corrected chi connectivity index (χ3v) is 6.33. The van der Waals surface area contributed by atoms with E-state index in [0.717, 1.165) is 55.1 Å². The fourth-order valence-corrected chi connectivity index (χ4v) is 4.52. The number of nitrogens with zero attached hydrogens (tertiary/aromatic N) is 2. The van der Waals surface area contributed by atoms with Crippen LogP contribution in [0.3, 0.4) is 0 Å². The zero-order valence-corrected chi connectivity index (χ0v) is 17.6. The van der Waals surface area contributed by atoms with Gasteiger partial charge in [0.05, 0.1) is 0 Å². The fraction of sp³-hybridized carbons (Fsp3) is 0.280. The van der Waals surface area contributed by atoms with Gasteiger partial charge in [-0.2, -0.15) is 0 Å². The number of hydrogen-bond acceptors (Lipinski definition) is 4. The minimum Gasteiger partial charge on any atom is -0.384 e. The van der Waals surface area contributed by atoms with Gasteiger partial charge in [0.2, 0.25) is 0 Å². The Hall–Kier alpha value is -3.48. The molecule has 164 valence electrons. The van der Waals surface area contributed by atoms with Crippen molar-refractivity contribution < 1.29 is 13.6 Å². The van der Waals surface area contributed by atoms with Gasteiger partial charge in [0.15, 0.2) is 11.6 Å². The van der Waals surface area contributed by atoms with Gasteiger partial charge in [0.1, 0.15) is 5.82 Å². The maximum Gasteiger partial charge on any atom is 0.253 e. The number of rotatable bonds is 4. The molecule has 2 aliphatic heterocycles. The minimum absolute atomic E-state index is 0.190. The summed E-state index contributed by atoms with van der Waals surface area (Å²) in [6, 6.07) is 13.7. The molecule has 0 bridgehead atoms. The molecule has 2 N–H and O–H groups in total. The van der Waals surface area contributed by atoms with Gasteiger partial charge in [-0.15, -0.1) is 0 Å². The molecule has 2 aliphatic rings. The molecule has 0 spiro atoms. The summed E-state index contributed by atoms with van der Waals surface area (Å²) in [7, 11) is 0. The number of fused-ring (bicyclic) bond motifs is 3. The quantitative estimate of drug-likeness (QED) is 0.612. The lowest BCUT2D eigenvalue weighted by atomic mass is 9.94. The summed E-state index contributed by atoms with van der Waals surface area (Å²) < 4.78 is 26.6. The number of hydrogen-bond donors (Lipinski definition) is 2. The summed E-state index contributed by atoms with van der Waals surface area (Å²) >= 11 is 0. The highest BCUT2D eigenvalue weighted by atomic mass is 19.2. The molecule has 0 aliphatic carbocycles. The Bertz CT molecular complexity index is 1160. The van der Waals surface area contributed by atoms with E-state index in [1.165, 1.54) is 17.2 Å². The molecule has 7 heteroatoms. The van der Waals surface area contributed by atoms with Crippen LogP contribution in [0, 0.1) is 17.6 Å². The van der Waals surface area contributed by atoms with Crippen LogP contribution in [0.1, 0.15) is 28.8 Å². The number of nitrogens with one attached hydrogen (secondary N) is 2. The Labute approximate surface area is 185 Å². The number of amides is 1. The zero-order chi connectivity index (χ0) is 22.1. The first kappa shape index (κ1) is 20.4. The lowest BCUT2D eigenvalue weighted by Crippen LogP contribution is -2.40. The number of aromatic nitrogens is 1. The maximum absolute atomic E-state index is 13.5. The number of pyridine rings is 1. The number of anilines is 2. The van der Waals surface area contributed by atoms with Crippen LogP contribution in [-0.4, -0.2) is 35.4 Å². The molecule has 0 saturated carbocycles. The summed E-state index contributed by atoms with van der Waals surface area (Å²) in [6.45, 7) is 2.77. The van der Waals surface area contributed by atoms with Crippen LogP contribution in [0.5, 0.6) is 0 Å². The van der Waals surface area contributed by atoms with Gasteiger partial charge in [0.25, 0.3) is 5.91 Å². The van der Waals surface area contributed by atoms with E-state index in [9.17, 15) is 13.6 Å². The molecule has 1 fully saturated rings. The molecule has 0 atom stereocenters. The van der Waals surface area contributed by atoms with Gasteiger partial charge in [0, 0.05) is 49.2 Å². The van der Waals surface area contributed by atoms with Gasteiger partial charge < -0.3 is 15.5 Å². The second kappa shape index (κ2) is 8.57. The number of halogens is 2. The van der Waals surface area contributed by atoms with Crippen molar-refractivity contribution in [3.8, 4) is 11.1 Å². The number of carbonyl (C=O) groups is 1. The van der Waals surface area contributed by atoms with Gasteiger partial charge >= 0.3 is 0 Å². The molecule has 0 radical (unpaired) electrons. The van der Waals surface area contributed by atoms with E-state index in [2.05, 4.69) is 27.8 Å².